The number of carboxylic acids is 1. The van der Waals surface area contributed by atoms with Crippen LogP contribution in [0.1, 0.15) is 19.3 Å². The molecule has 0 amide bonds. The smallest absolute Gasteiger partial charge is 0.324 e. The highest BCUT2D eigenvalue weighted by molar-refractivity contribution is 5.79. The Morgan fingerprint density at radius 1 is 1.47 bits per heavy atom. The first-order valence-electron chi connectivity index (χ1n) is 6.01. The van der Waals surface area contributed by atoms with Gasteiger partial charge in [-0.15, -0.1) is 0 Å². The van der Waals surface area contributed by atoms with Crippen LogP contribution < -0.4 is 10.1 Å². The lowest BCUT2D eigenvalue weighted by atomic mass is 9.98. The monoisotopic (exact) mass is 271 g/mol. The molecule has 6 heteroatoms. The van der Waals surface area contributed by atoms with Gasteiger partial charge in [-0.2, -0.15) is 0 Å². The van der Waals surface area contributed by atoms with E-state index >= 15 is 0 Å². The molecule has 2 N–H and O–H groups in total. The average Bonchev–Trinajstić information content (AvgIpc) is 2.79. The van der Waals surface area contributed by atoms with Crippen molar-refractivity contribution >= 4 is 5.97 Å². The molecular formula is C13H15F2NO3. The molecule has 2 atom stereocenters. The van der Waals surface area contributed by atoms with Gasteiger partial charge in [-0.1, -0.05) is 0 Å². The number of carbonyl (C=O) groups is 1. The number of aliphatic carboxylic acids is 1. The van der Waals surface area contributed by atoms with E-state index in [-0.39, 0.29) is 18.3 Å². The standard InChI is InChI=1S/C13H15F2NO3/c1-16-13(12(17)18)5-4-9(7-13)19-8-2-3-10(14)11(15)6-8/h2-3,6,9,16H,4-5,7H2,1H3,(H,17,18). The SMILES string of the molecule is CNC1(C(=O)O)CCC(Oc2ccc(F)c(F)c2)C1. The highest BCUT2D eigenvalue weighted by atomic mass is 19.2. The number of hydrogen-bond acceptors (Lipinski definition) is 3. The van der Waals surface area contributed by atoms with Gasteiger partial charge in [-0.05, 0) is 32.0 Å². The highest BCUT2D eigenvalue weighted by Gasteiger charge is 2.45. The third-order valence-corrected chi connectivity index (χ3v) is 3.55. The lowest BCUT2D eigenvalue weighted by molar-refractivity contribution is -0.144. The Labute approximate surface area is 109 Å². The molecule has 0 spiro atoms. The summed E-state index contributed by atoms with van der Waals surface area (Å²) in [6, 6.07) is 3.29. The summed E-state index contributed by atoms with van der Waals surface area (Å²) in [6.07, 6.45) is 0.949. The topological polar surface area (TPSA) is 58.6 Å². The Kier molecular flexibility index (Phi) is 3.71. The molecule has 0 saturated heterocycles. The van der Waals surface area contributed by atoms with Crippen LogP contribution in [-0.4, -0.2) is 29.8 Å². The number of likely N-dealkylation sites (N-methyl/N-ethyl adjacent to an activating group) is 1. The second-order valence-electron chi connectivity index (χ2n) is 4.70. The molecule has 0 radical (unpaired) electrons. The van der Waals surface area contributed by atoms with Crippen molar-refractivity contribution in [3.63, 3.8) is 0 Å². The van der Waals surface area contributed by atoms with Gasteiger partial charge in [0, 0.05) is 12.5 Å². The molecule has 0 aromatic heterocycles. The Balaban J connectivity index is 2.05. The van der Waals surface area contributed by atoms with Gasteiger partial charge in [0.2, 0.25) is 0 Å². The Morgan fingerprint density at radius 2 is 2.21 bits per heavy atom. The number of halogens is 2. The minimum absolute atomic E-state index is 0.209. The molecule has 2 rings (SSSR count). The molecule has 0 heterocycles. The van der Waals surface area contributed by atoms with Crippen LogP contribution in [0.25, 0.3) is 0 Å². The van der Waals surface area contributed by atoms with Crippen molar-refractivity contribution in [3.8, 4) is 5.75 Å². The Morgan fingerprint density at radius 3 is 2.74 bits per heavy atom. The summed E-state index contributed by atoms with van der Waals surface area (Å²) < 4.78 is 31.3. The van der Waals surface area contributed by atoms with Gasteiger partial charge >= 0.3 is 5.97 Å². The van der Waals surface area contributed by atoms with Gasteiger partial charge in [0.1, 0.15) is 17.4 Å². The largest absolute Gasteiger partial charge is 0.490 e. The predicted molar refractivity (Wildman–Crippen MR) is 64.1 cm³/mol. The second-order valence-corrected chi connectivity index (χ2v) is 4.70. The molecule has 19 heavy (non-hydrogen) atoms. The van der Waals surface area contributed by atoms with E-state index in [2.05, 4.69) is 5.32 Å². The fourth-order valence-corrected chi connectivity index (χ4v) is 2.37. The van der Waals surface area contributed by atoms with E-state index in [1.807, 2.05) is 0 Å². The van der Waals surface area contributed by atoms with Crippen LogP contribution in [0.4, 0.5) is 8.78 Å². The van der Waals surface area contributed by atoms with Crippen molar-refractivity contribution in [1.82, 2.24) is 5.32 Å². The average molecular weight is 271 g/mol. The maximum Gasteiger partial charge on any atom is 0.324 e. The predicted octanol–water partition coefficient (Wildman–Crippen LogP) is 1.94. The number of hydrogen-bond donors (Lipinski definition) is 2. The first-order valence-corrected chi connectivity index (χ1v) is 6.01. The van der Waals surface area contributed by atoms with Gasteiger partial charge < -0.3 is 15.2 Å². The molecule has 104 valence electrons. The maximum atomic E-state index is 13.0. The molecule has 1 aliphatic carbocycles. The molecule has 1 aromatic rings. The number of ether oxygens (including phenoxy) is 1. The van der Waals surface area contributed by atoms with Crippen molar-refractivity contribution in [1.29, 1.82) is 0 Å². The van der Waals surface area contributed by atoms with Crippen LogP contribution in [0.5, 0.6) is 5.75 Å². The van der Waals surface area contributed by atoms with Gasteiger partial charge in [-0.25, -0.2) is 8.78 Å². The summed E-state index contributed by atoms with van der Waals surface area (Å²) in [7, 11) is 1.59. The van der Waals surface area contributed by atoms with E-state index < -0.39 is 23.1 Å². The zero-order valence-corrected chi connectivity index (χ0v) is 10.5. The van der Waals surface area contributed by atoms with E-state index in [0.717, 1.165) is 12.1 Å². The minimum atomic E-state index is -0.997. The summed E-state index contributed by atoms with van der Waals surface area (Å²) in [5.74, 6) is -2.63. The number of carboxylic acid groups (broad SMARTS) is 1. The van der Waals surface area contributed by atoms with E-state index in [1.165, 1.54) is 6.07 Å². The quantitative estimate of drug-likeness (QED) is 0.878. The summed E-state index contributed by atoms with van der Waals surface area (Å²) >= 11 is 0. The molecule has 2 unspecified atom stereocenters. The van der Waals surface area contributed by atoms with Crippen molar-refractivity contribution < 1.29 is 23.4 Å². The molecule has 0 aliphatic heterocycles. The Bertz CT molecular complexity index is 495. The first-order chi connectivity index (χ1) is 8.97. The first kappa shape index (κ1) is 13.7. The van der Waals surface area contributed by atoms with E-state index in [9.17, 15) is 18.7 Å². The zero-order chi connectivity index (χ0) is 14.0. The molecular weight excluding hydrogens is 256 g/mol. The van der Waals surface area contributed by atoms with E-state index in [0.29, 0.717) is 12.8 Å². The molecule has 1 aliphatic rings. The van der Waals surface area contributed by atoms with Crippen LogP contribution in [0.2, 0.25) is 0 Å². The summed E-state index contributed by atoms with van der Waals surface area (Å²) in [6.45, 7) is 0. The molecule has 0 bridgehead atoms. The minimum Gasteiger partial charge on any atom is -0.490 e. The molecule has 1 aromatic carbocycles. The van der Waals surface area contributed by atoms with Crippen molar-refractivity contribution in [3.05, 3.63) is 29.8 Å². The lowest BCUT2D eigenvalue weighted by Crippen LogP contribution is -2.48. The van der Waals surface area contributed by atoms with Crippen molar-refractivity contribution in [2.24, 2.45) is 0 Å². The fraction of sp³-hybridized carbons (Fsp3) is 0.462. The van der Waals surface area contributed by atoms with Gasteiger partial charge in [-0.3, -0.25) is 4.79 Å². The van der Waals surface area contributed by atoms with Crippen LogP contribution in [0.3, 0.4) is 0 Å². The summed E-state index contributed by atoms with van der Waals surface area (Å²) in [5.41, 5.74) is -0.997. The summed E-state index contributed by atoms with van der Waals surface area (Å²) in [5, 5.41) is 12.0. The summed E-state index contributed by atoms with van der Waals surface area (Å²) in [4.78, 5) is 11.2. The van der Waals surface area contributed by atoms with Crippen LogP contribution in [0.15, 0.2) is 18.2 Å². The maximum absolute atomic E-state index is 13.0. The molecule has 1 fully saturated rings. The van der Waals surface area contributed by atoms with Crippen LogP contribution in [0, 0.1) is 11.6 Å². The third kappa shape index (κ3) is 2.68. The lowest BCUT2D eigenvalue weighted by Gasteiger charge is -2.23. The molecule has 1 saturated carbocycles. The van der Waals surface area contributed by atoms with Gasteiger partial charge in [0.15, 0.2) is 11.6 Å². The normalized spacial score (nSPS) is 26.4. The van der Waals surface area contributed by atoms with E-state index in [4.69, 9.17) is 4.74 Å². The fourth-order valence-electron chi connectivity index (χ4n) is 2.37. The van der Waals surface area contributed by atoms with Gasteiger partial charge in [0.25, 0.3) is 0 Å². The van der Waals surface area contributed by atoms with Crippen LogP contribution in [-0.2, 0) is 4.79 Å². The zero-order valence-electron chi connectivity index (χ0n) is 10.5. The van der Waals surface area contributed by atoms with Gasteiger partial charge in [0.05, 0.1) is 0 Å². The van der Waals surface area contributed by atoms with E-state index in [1.54, 1.807) is 7.05 Å². The third-order valence-electron chi connectivity index (χ3n) is 3.55. The Hall–Kier alpha value is -1.69. The number of rotatable bonds is 4. The van der Waals surface area contributed by atoms with Crippen LogP contribution >= 0.6 is 0 Å². The van der Waals surface area contributed by atoms with Crippen molar-refractivity contribution in [2.45, 2.75) is 30.9 Å². The highest BCUT2D eigenvalue weighted by Crippen LogP contribution is 2.33. The van der Waals surface area contributed by atoms with Crippen molar-refractivity contribution in [2.75, 3.05) is 7.05 Å². The number of nitrogens with one attached hydrogen (secondary N) is 1. The molecule has 4 nitrogen and oxygen atoms in total. The second kappa shape index (κ2) is 5.13. The number of benzene rings is 1.